The smallest absolute Gasteiger partial charge is 0.0585 e. The molecule has 0 fully saturated rings. The normalized spacial score (nSPS) is 13.9. The molecule has 1 aliphatic carbocycles. The van der Waals surface area contributed by atoms with Gasteiger partial charge in [0.25, 0.3) is 0 Å². The Morgan fingerprint density at radius 1 is 0.622 bits per heavy atom. The van der Waals surface area contributed by atoms with E-state index in [0.717, 1.165) is 0 Å². The third kappa shape index (κ3) is 2.70. The molecule has 1 N–H and O–H groups in total. The molecule has 0 amide bonds. The topological polar surface area (TPSA) is 20.7 Å². The van der Waals surface area contributed by atoms with Crippen LogP contribution in [-0.4, -0.2) is 9.55 Å². The fourth-order valence-electron chi connectivity index (χ4n) is 6.66. The number of aromatic amines is 1. The molecular weight excluding hydrogens is 448 g/mol. The number of hydrogen-bond donors (Lipinski definition) is 1. The van der Waals surface area contributed by atoms with E-state index in [0.29, 0.717) is 0 Å². The van der Waals surface area contributed by atoms with Crippen molar-refractivity contribution < 1.29 is 0 Å². The molecule has 0 unspecified atom stereocenters. The average molecular weight is 475 g/mol. The molecule has 0 bridgehead atoms. The maximum atomic E-state index is 3.73. The lowest BCUT2D eigenvalue weighted by molar-refractivity contribution is 0.666. The Balaban J connectivity index is 1.57. The number of nitrogens with zero attached hydrogens (tertiary/aromatic N) is 1. The summed E-state index contributed by atoms with van der Waals surface area (Å²) in [5, 5.41) is 3.95. The van der Waals surface area contributed by atoms with Crippen LogP contribution in [0.25, 0.3) is 60.8 Å². The molecule has 2 heterocycles. The Hall–Kier alpha value is -4.56. The molecular formula is C35H26N2. The van der Waals surface area contributed by atoms with E-state index in [2.05, 4.69) is 139 Å². The van der Waals surface area contributed by atoms with E-state index in [4.69, 9.17) is 0 Å². The number of rotatable bonds is 2. The predicted molar refractivity (Wildman–Crippen MR) is 156 cm³/mol. The number of para-hydroxylation sites is 1. The molecule has 2 aromatic heterocycles. The maximum absolute atomic E-state index is 3.73. The highest BCUT2D eigenvalue weighted by Gasteiger charge is 2.41. The zero-order chi connectivity index (χ0) is 24.7. The van der Waals surface area contributed by atoms with Crippen LogP contribution in [-0.2, 0) is 5.41 Å². The fourth-order valence-corrected chi connectivity index (χ4v) is 6.66. The van der Waals surface area contributed by atoms with E-state index in [9.17, 15) is 0 Å². The van der Waals surface area contributed by atoms with Crippen molar-refractivity contribution in [3.8, 4) is 28.1 Å². The first kappa shape index (κ1) is 20.6. The van der Waals surface area contributed by atoms with E-state index in [-0.39, 0.29) is 5.41 Å². The summed E-state index contributed by atoms with van der Waals surface area (Å²) in [6.45, 7) is 4.77. The van der Waals surface area contributed by atoms with Crippen LogP contribution < -0.4 is 0 Å². The fraction of sp³-hybridized carbons (Fsp3) is 0.0857. The van der Waals surface area contributed by atoms with Gasteiger partial charge in [-0.1, -0.05) is 92.7 Å². The van der Waals surface area contributed by atoms with Crippen LogP contribution in [0.5, 0.6) is 0 Å². The molecule has 0 radical (unpaired) electrons. The molecule has 5 aromatic carbocycles. The maximum Gasteiger partial charge on any atom is 0.0585 e. The summed E-state index contributed by atoms with van der Waals surface area (Å²) in [5.41, 5.74) is 12.7. The zero-order valence-electron chi connectivity index (χ0n) is 20.9. The summed E-state index contributed by atoms with van der Waals surface area (Å²) < 4.78 is 2.48. The monoisotopic (exact) mass is 474 g/mol. The van der Waals surface area contributed by atoms with Gasteiger partial charge in [-0.3, -0.25) is 0 Å². The van der Waals surface area contributed by atoms with Crippen molar-refractivity contribution in [2.75, 3.05) is 0 Å². The Kier molecular flexibility index (Phi) is 4.03. The average Bonchev–Trinajstić information content (AvgIpc) is 3.56. The summed E-state index contributed by atoms with van der Waals surface area (Å²) >= 11 is 0. The summed E-state index contributed by atoms with van der Waals surface area (Å²) in [6, 6.07) is 41.8. The van der Waals surface area contributed by atoms with Crippen molar-refractivity contribution in [3.63, 3.8) is 0 Å². The van der Waals surface area contributed by atoms with Gasteiger partial charge in [-0.25, -0.2) is 0 Å². The highest BCUT2D eigenvalue weighted by Crippen LogP contribution is 2.55. The van der Waals surface area contributed by atoms with Crippen LogP contribution in [0, 0.1) is 0 Å². The summed E-state index contributed by atoms with van der Waals surface area (Å²) in [6.07, 6.45) is 0. The molecule has 1 aliphatic rings. The quantitative estimate of drug-likeness (QED) is 0.258. The molecule has 37 heavy (non-hydrogen) atoms. The Labute approximate surface area is 215 Å². The summed E-state index contributed by atoms with van der Waals surface area (Å²) in [4.78, 5) is 3.73. The second-order valence-electron chi connectivity index (χ2n) is 10.7. The van der Waals surface area contributed by atoms with Crippen molar-refractivity contribution in [2.24, 2.45) is 0 Å². The van der Waals surface area contributed by atoms with E-state index in [1.54, 1.807) is 0 Å². The third-order valence-electron chi connectivity index (χ3n) is 8.29. The molecule has 8 rings (SSSR count). The lowest BCUT2D eigenvalue weighted by Crippen LogP contribution is -2.14. The second-order valence-corrected chi connectivity index (χ2v) is 10.7. The number of H-pyrrole nitrogens is 1. The zero-order valence-corrected chi connectivity index (χ0v) is 20.9. The van der Waals surface area contributed by atoms with Crippen LogP contribution in [0.15, 0.2) is 115 Å². The SMILES string of the molecule is CC1(C)c2ccccc2-c2c1c1c3c(ccc1n2-c1ccccc1)[nH]c1ccc(-c2ccccc2)cc13. The standard InChI is InChI=1S/C35H26N2/c1-35(2)27-16-10-9-15-25(27)34-33(35)32-30(37(34)24-13-7-4-8-14-24)20-19-29-31(32)26-21-23(17-18-28(26)36-29)22-11-5-3-6-12-22/h3-21,36H,1-2H3. The van der Waals surface area contributed by atoms with E-state index in [1.807, 2.05) is 0 Å². The molecule has 0 saturated heterocycles. The first-order valence-electron chi connectivity index (χ1n) is 13.0. The molecule has 0 aliphatic heterocycles. The first-order chi connectivity index (χ1) is 18.1. The van der Waals surface area contributed by atoms with Crippen molar-refractivity contribution >= 4 is 32.7 Å². The van der Waals surface area contributed by atoms with Crippen LogP contribution in [0.4, 0.5) is 0 Å². The largest absolute Gasteiger partial charge is 0.354 e. The number of nitrogens with one attached hydrogen (secondary N) is 1. The molecule has 2 heteroatoms. The van der Waals surface area contributed by atoms with Crippen molar-refractivity contribution in [2.45, 2.75) is 19.3 Å². The second kappa shape index (κ2) is 7.24. The summed E-state index contributed by atoms with van der Waals surface area (Å²) in [5.74, 6) is 0. The number of hydrogen-bond acceptors (Lipinski definition) is 0. The van der Waals surface area contributed by atoms with Crippen molar-refractivity contribution in [3.05, 3.63) is 126 Å². The minimum Gasteiger partial charge on any atom is -0.354 e. The van der Waals surface area contributed by atoms with Crippen molar-refractivity contribution in [1.29, 1.82) is 0 Å². The highest BCUT2D eigenvalue weighted by molar-refractivity contribution is 6.23. The Morgan fingerprint density at radius 3 is 2.14 bits per heavy atom. The number of fused-ring (bicyclic) bond motifs is 9. The van der Waals surface area contributed by atoms with Crippen LogP contribution >= 0.6 is 0 Å². The van der Waals surface area contributed by atoms with Gasteiger partial charge in [0.2, 0.25) is 0 Å². The molecule has 0 spiro atoms. The van der Waals surface area contributed by atoms with E-state index < -0.39 is 0 Å². The van der Waals surface area contributed by atoms with Gasteiger partial charge in [-0.05, 0) is 58.7 Å². The van der Waals surface area contributed by atoms with Gasteiger partial charge in [0.1, 0.15) is 0 Å². The molecule has 0 saturated carbocycles. The van der Waals surface area contributed by atoms with Gasteiger partial charge < -0.3 is 9.55 Å². The van der Waals surface area contributed by atoms with Gasteiger partial charge in [0, 0.05) is 43.9 Å². The molecule has 7 aromatic rings. The third-order valence-corrected chi connectivity index (χ3v) is 8.29. The van der Waals surface area contributed by atoms with Crippen molar-refractivity contribution in [1.82, 2.24) is 9.55 Å². The van der Waals surface area contributed by atoms with Crippen LogP contribution in [0.2, 0.25) is 0 Å². The molecule has 2 nitrogen and oxygen atoms in total. The van der Waals surface area contributed by atoms with Gasteiger partial charge >= 0.3 is 0 Å². The lowest BCUT2D eigenvalue weighted by atomic mass is 9.81. The number of benzene rings is 5. The Morgan fingerprint density at radius 2 is 1.32 bits per heavy atom. The minimum absolute atomic E-state index is 0.112. The van der Waals surface area contributed by atoms with E-state index in [1.165, 1.54) is 71.9 Å². The molecule has 0 atom stereocenters. The number of aromatic nitrogens is 2. The van der Waals surface area contributed by atoms with Gasteiger partial charge in [-0.2, -0.15) is 0 Å². The van der Waals surface area contributed by atoms with Gasteiger partial charge in [0.15, 0.2) is 0 Å². The lowest BCUT2D eigenvalue weighted by Gasteiger charge is -2.21. The summed E-state index contributed by atoms with van der Waals surface area (Å²) in [7, 11) is 0. The highest BCUT2D eigenvalue weighted by atomic mass is 15.0. The van der Waals surface area contributed by atoms with Gasteiger partial charge in [0.05, 0.1) is 11.2 Å². The van der Waals surface area contributed by atoms with E-state index >= 15 is 0 Å². The Bertz CT molecular complexity index is 1990. The predicted octanol–water partition coefficient (Wildman–Crippen LogP) is 9.24. The first-order valence-corrected chi connectivity index (χ1v) is 13.0. The minimum atomic E-state index is -0.112. The van der Waals surface area contributed by atoms with Crippen LogP contribution in [0.3, 0.4) is 0 Å². The van der Waals surface area contributed by atoms with Crippen LogP contribution in [0.1, 0.15) is 25.0 Å². The molecule has 176 valence electrons. The van der Waals surface area contributed by atoms with Gasteiger partial charge in [-0.15, -0.1) is 0 Å².